The van der Waals surface area contributed by atoms with E-state index in [9.17, 15) is 13.5 Å². The molecule has 0 radical (unpaired) electrons. The van der Waals surface area contributed by atoms with E-state index >= 15 is 0 Å². The van der Waals surface area contributed by atoms with Gasteiger partial charge in [0.05, 0.1) is 10.5 Å². The molecule has 0 aromatic heterocycles. The van der Waals surface area contributed by atoms with Gasteiger partial charge in [-0.15, -0.1) is 0 Å². The number of nitrogens with one attached hydrogen (secondary N) is 1. The fraction of sp³-hybridized carbons (Fsp3) is 0.571. The molecule has 4 nitrogen and oxygen atoms in total. The first-order valence-corrected chi connectivity index (χ1v) is 8.10. The topological polar surface area (TPSA) is 66.4 Å². The van der Waals surface area contributed by atoms with Crippen molar-refractivity contribution < 1.29 is 13.5 Å². The predicted molar refractivity (Wildman–Crippen MR) is 74.5 cm³/mol. The SMILES string of the molecule is Cc1ccc(C)c(S(=O)(=O)NCC2(O)CCCC2)c1. The highest BCUT2D eigenvalue weighted by Crippen LogP contribution is 2.29. The van der Waals surface area contributed by atoms with E-state index in [1.807, 2.05) is 13.0 Å². The monoisotopic (exact) mass is 283 g/mol. The van der Waals surface area contributed by atoms with Gasteiger partial charge < -0.3 is 5.11 Å². The molecule has 1 saturated carbocycles. The Morgan fingerprint density at radius 2 is 1.89 bits per heavy atom. The fourth-order valence-electron chi connectivity index (χ4n) is 2.51. The van der Waals surface area contributed by atoms with Crippen LogP contribution in [0.5, 0.6) is 0 Å². The zero-order valence-electron chi connectivity index (χ0n) is 11.4. The van der Waals surface area contributed by atoms with E-state index in [-0.39, 0.29) is 6.54 Å². The molecule has 19 heavy (non-hydrogen) atoms. The summed E-state index contributed by atoms with van der Waals surface area (Å²) in [5.41, 5.74) is 0.757. The molecule has 0 atom stereocenters. The highest BCUT2D eigenvalue weighted by molar-refractivity contribution is 7.89. The average molecular weight is 283 g/mol. The number of benzene rings is 1. The lowest BCUT2D eigenvalue weighted by atomic mass is 10.0. The second-order valence-corrected chi connectivity index (χ2v) is 7.26. The lowest BCUT2D eigenvalue weighted by molar-refractivity contribution is 0.0531. The summed E-state index contributed by atoms with van der Waals surface area (Å²) in [5.74, 6) is 0. The first kappa shape index (κ1) is 14.5. The number of rotatable bonds is 4. The number of sulfonamides is 1. The number of hydrogen-bond donors (Lipinski definition) is 2. The zero-order valence-corrected chi connectivity index (χ0v) is 12.3. The lowest BCUT2D eigenvalue weighted by Gasteiger charge is -2.22. The maximum absolute atomic E-state index is 12.3. The van der Waals surface area contributed by atoms with Crippen LogP contribution in [0.15, 0.2) is 23.1 Å². The minimum atomic E-state index is -3.55. The number of aliphatic hydroxyl groups is 1. The second kappa shape index (κ2) is 5.23. The first-order chi connectivity index (χ1) is 8.82. The molecule has 0 heterocycles. The molecule has 106 valence electrons. The van der Waals surface area contributed by atoms with Crippen LogP contribution in [0, 0.1) is 13.8 Å². The molecular formula is C14H21NO3S. The van der Waals surface area contributed by atoms with Gasteiger partial charge in [0.25, 0.3) is 0 Å². The molecule has 0 amide bonds. The molecule has 2 rings (SSSR count). The van der Waals surface area contributed by atoms with Crippen LogP contribution in [0.4, 0.5) is 0 Å². The highest BCUT2D eigenvalue weighted by Gasteiger charge is 2.32. The van der Waals surface area contributed by atoms with Gasteiger partial charge in [0.15, 0.2) is 0 Å². The van der Waals surface area contributed by atoms with Crippen LogP contribution < -0.4 is 4.72 Å². The maximum atomic E-state index is 12.3. The van der Waals surface area contributed by atoms with Crippen molar-refractivity contribution in [2.24, 2.45) is 0 Å². The molecule has 1 aliphatic carbocycles. The normalized spacial score (nSPS) is 18.7. The molecule has 0 bridgehead atoms. The molecule has 1 fully saturated rings. The van der Waals surface area contributed by atoms with Gasteiger partial charge in [-0.2, -0.15) is 0 Å². The summed E-state index contributed by atoms with van der Waals surface area (Å²) in [6.45, 7) is 3.74. The van der Waals surface area contributed by atoms with E-state index < -0.39 is 15.6 Å². The molecule has 0 unspecified atom stereocenters. The van der Waals surface area contributed by atoms with Gasteiger partial charge in [0.1, 0.15) is 0 Å². The molecule has 0 aliphatic heterocycles. The van der Waals surface area contributed by atoms with Gasteiger partial charge >= 0.3 is 0 Å². The van der Waals surface area contributed by atoms with Gasteiger partial charge in [0.2, 0.25) is 10.0 Å². The standard InChI is InChI=1S/C14H21NO3S/c1-11-5-6-12(2)13(9-11)19(17,18)15-10-14(16)7-3-4-8-14/h5-6,9,15-16H,3-4,7-8,10H2,1-2H3. The fourth-order valence-corrected chi connectivity index (χ4v) is 3.96. The summed E-state index contributed by atoms with van der Waals surface area (Å²) in [6.07, 6.45) is 3.26. The zero-order chi connectivity index (χ0) is 14.1. The van der Waals surface area contributed by atoms with Crippen LogP contribution in [0.25, 0.3) is 0 Å². The third-order valence-electron chi connectivity index (χ3n) is 3.76. The third kappa shape index (κ3) is 3.35. The van der Waals surface area contributed by atoms with Gasteiger partial charge in [0, 0.05) is 6.54 Å². The molecule has 2 N–H and O–H groups in total. The molecular weight excluding hydrogens is 262 g/mol. The summed E-state index contributed by atoms with van der Waals surface area (Å²) >= 11 is 0. The first-order valence-electron chi connectivity index (χ1n) is 6.62. The predicted octanol–water partition coefficient (Wildman–Crippen LogP) is 1.89. The summed E-state index contributed by atoms with van der Waals surface area (Å²) in [7, 11) is -3.55. The molecule has 5 heteroatoms. The van der Waals surface area contributed by atoms with E-state index in [4.69, 9.17) is 0 Å². The van der Waals surface area contributed by atoms with E-state index in [2.05, 4.69) is 4.72 Å². The van der Waals surface area contributed by atoms with Crippen molar-refractivity contribution in [3.8, 4) is 0 Å². The van der Waals surface area contributed by atoms with E-state index in [1.165, 1.54) is 0 Å². The highest BCUT2D eigenvalue weighted by atomic mass is 32.2. The van der Waals surface area contributed by atoms with Crippen molar-refractivity contribution in [2.75, 3.05) is 6.54 Å². The Morgan fingerprint density at radius 1 is 1.26 bits per heavy atom. The van der Waals surface area contributed by atoms with Crippen LogP contribution in [0.1, 0.15) is 36.8 Å². The molecule has 1 aromatic rings. The Hall–Kier alpha value is -0.910. The Morgan fingerprint density at radius 3 is 2.53 bits per heavy atom. The van der Waals surface area contributed by atoms with Crippen LogP contribution in [-0.2, 0) is 10.0 Å². The van der Waals surface area contributed by atoms with Gasteiger partial charge in [-0.3, -0.25) is 0 Å². The lowest BCUT2D eigenvalue weighted by Crippen LogP contribution is -2.40. The summed E-state index contributed by atoms with van der Waals surface area (Å²) in [4.78, 5) is 0.300. The molecule has 1 aromatic carbocycles. The Balaban J connectivity index is 2.16. The molecule has 0 spiro atoms. The van der Waals surface area contributed by atoms with Crippen LogP contribution >= 0.6 is 0 Å². The number of hydrogen-bond acceptors (Lipinski definition) is 3. The Kier molecular flexibility index (Phi) is 3.99. The summed E-state index contributed by atoms with van der Waals surface area (Å²) < 4.78 is 27.1. The van der Waals surface area contributed by atoms with Gasteiger partial charge in [-0.05, 0) is 43.9 Å². The van der Waals surface area contributed by atoms with Gasteiger partial charge in [-0.25, -0.2) is 13.1 Å². The van der Waals surface area contributed by atoms with Crippen molar-refractivity contribution >= 4 is 10.0 Å². The van der Waals surface area contributed by atoms with Crippen LogP contribution in [-0.4, -0.2) is 25.7 Å². The average Bonchev–Trinajstić information content (AvgIpc) is 2.78. The Labute approximate surface area is 114 Å². The maximum Gasteiger partial charge on any atom is 0.240 e. The smallest absolute Gasteiger partial charge is 0.240 e. The molecule has 1 aliphatic rings. The van der Waals surface area contributed by atoms with E-state index in [1.54, 1.807) is 19.1 Å². The van der Waals surface area contributed by atoms with E-state index in [0.29, 0.717) is 17.7 Å². The largest absolute Gasteiger partial charge is 0.389 e. The van der Waals surface area contributed by atoms with Crippen molar-refractivity contribution in [3.63, 3.8) is 0 Å². The third-order valence-corrected chi connectivity index (χ3v) is 5.30. The Bertz CT molecular complexity index is 560. The van der Waals surface area contributed by atoms with Crippen molar-refractivity contribution in [1.29, 1.82) is 0 Å². The molecule has 0 saturated heterocycles. The van der Waals surface area contributed by atoms with Crippen molar-refractivity contribution in [3.05, 3.63) is 29.3 Å². The van der Waals surface area contributed by atoms with Crippen molar-refractivity contribution in [1.82, 2.24) is 4.72 Å². The van der Waals surface area contributed by atoms with E-state index in [0.717, 1.165) is 24.0 Å². The van der Waals surface area contributed by atoms with Crippen LogP contribution in [0.2, 0.25) is 0 Å². The van der Waals surface area contributed by atoms with Gasteiger partial charge in [-0.1, -0.05) is 25.0 Å². The number of aryl methyl sites for hydroxylation is 2. The quantitative estimate of drug-likeness (QED) is 0.886. The van der Waals surface area contributed by atoms with Crippen molar-refractivity contribution in [2.45, 2.75) is 50.0 Å². The summed E-state index contributed by atoms with van der Waals surface area (Å²) in [6, 6.07) is 5.35. The van der Waals surface area contributed by atoms with Crippen LogP contribution in [0.3, 0.4) is 0 Å². The minimum Gasteiger partial charge on any atom is -0.389 e. The summed E-state index contributed by atoms with van der Waals surface area (Å²) in [5, 5.41) is 10.2. The second-order valence-electron chi connectivity index (χ2n) is 5.52. The minimum absolute atomic E-state index is 0.0999.